The van der Waals surface area contributed by atoms with Crippen LogP contribution in [0.1, 0.15) is 45.4 Å². The zero-order valence-electron chi connectivity index (χ0n) is 11.1. The van der Waals surface area contributed by atoms with Gasteiger partial charge in [0.2, 0.25) is 0 Å². The lowest BCUT2D eigenvalue weighted by Gasteiger charge is -2.36. The van der Waals surface area contributed by atoms with Crippen LogP contribution < -0.4 is 5.32 Å². The largest absolute Gasteiger partial charge is 0.466 e. The van der Waals surface area contributed by atoms with Crippen LogP contribution in [0.25, 0.3) is 0 Å². The summed E-state index contributed by atoms with van der Waals surface area (Å²) < 4.78 is 5.31. The molecule has 0 aromatic rings. The Morgan fingerprint density at radius 1 is 1.35 bits per heavy atom. The number of hydrogen-bond donors (Lipinski definition) is 1. The van der Waals surface area contributed by atoms with Crippen molar-refractivity contribution < 1.29 is 9.53 Å². The molecule has 1 saturated carbocycles. The first-order valence-electron chi connectivity index (χ1n) is 6.64. The summed E-state index contributed by atoms with van der Waals surface area (Å²) in [5.74, 6) is -0.0955. The first kappa shape index (κ1) is 14.8. The zero-order valence-corrected chi connectivity index (χ0v) is 11.9. The number of ether oxygens (including phenoxy) is 1. The van der Waals surface area contributed by atoms with E-state index in [0.29, 0.717) is 17.8 Å². The van der Waals surface area contributed by atoms with Crippen molar-refractivity contribution in [2.75, 3.05) is 26.0 Å². The van der Waals surface area contributed by atoms with E-state index in [-0.39, 0.29) is 5.97 Å². The summed E-state index contributed by atoms with van der Waals surface area (Å²) in [6.45, 7) is 4.08. The molecule has 0 spiro atoms. The normalized spacial score (nSPS) is 18.9. The van der Waals surface area contributed by atoms with Gasteiger partial charge in [0.1, 0.15) is 0 Å². The van der Waals surface area contributed by atoms with Gasteiger partial charge in [-0.2, -0.15) is 11.8 Å². The van der Waals surface area contributed by atoms with Gasteiger partial charge >= 0.3 is 5.97 Å². The molecule has 0 radical (unpaired) electrons. The summed E-state index contributed by atoms with van der Waals surface area (Å²) in [6.07, 6.45) is 9.38. The summed E-state index contributed by atoms with van der Waals surface area (Å²) in [5, 5.41) is 3.41. The number of rotatable bonds is 7. The predicted octanol–water partition coefficient (Wildman–Crippen LogP) is 2.60. The van der Waals surface area contributed by atoms with E-state index in [1.165, 1.54) is 32.1 Å². The number of carbonyl (C=O) groups excluding carboxylic acids is 1. The van der Waals surface area contributed by atoms with Crippen LogP contribution in [0.2, 0.25) is 0 Å². The van der Waals surface area contributed by atoms with E-state index in [1.54, 1.807) is 0 Å². The van der Waals surface area contributed by atoms with Crippen molar-refractivity contribution in [3.63, 3.8) is 0 Å². The van der Waals surface area contributed by atoms with Gasteiger partial charge < -0.3 is 10.1 Å². The third kappa shape index (κ3) is 5.30. The molecule has 0 atom stereocenters. The molecule has 100 valence electrons. The van der Waals surface area contributed by atoms with Crippen LogP contribution in [0.3, 0.4) is 0 Å². The third-order valence-electron chi connectivity index (χ3n) is 3.46. The van der Waals surface area contributed by atoms with Crippen LogP contribution in [0, 0.1) is 0 Å². The first-order chi connectivity index (χ1) is 8.22. The molecule has 17 heavy (non-hydrogen) atoms. The highest BCUT2D eigenvalue weighted by Gasteiger charge is 2.30. The lowest BCUT2D eigenvalue weighted by Crippen LogP contribution is -2.40. The fraction of sp³-hybridized carbons (Fsp3) is 0.923. The molecule has 0 unspecified atom stereocenters. The molecule has 0 aliphatic heterocycles. The minimum Gasteiger partial charge on any atom is -0.466 e. The standard InChI is InChI=1S/C13H25NO2S/c1-3-16-12(15)7-10-14-11-13(17-2)8-5-4-6-9-13/h14H,3-11H2,1-2H3. The maximum atomic E-state index is 11.2. The van der Waals surface area contributed by atoms with Gasteiger partial charge in [-0.1, -0.05) is 19.3 Å². The van der Waals surface area contributed by atoms with E-state index in [1.807, 2.05) is 18.7 Å². The molecule has 1 fully saturated rings. The molecule has 1 aliphatic carbocycles. The molecule has 3 nitrogen and oxygen atoms in total. The van der Waals surface area contributed by atoms with Crippen molar-refractivity contribution in [3.8, 4) is 0 Å². The maximum absolute atomic E-state index is 11.2. The monoisotopic (exact) mass is 259 g/mol. The fourth-order valence-corrected chi connectivity index (χ4v) is 3.33. The second kappa shape index (κ2) is 7.98. The Bertz CT molecular complexity index is 227. The van der Waals surface area contributed by atoms with Gasteiger partial charge in [-0.05, 0) is 26.0 Å². The maximum Gasteiger partial charge on any atom is 0.307 e. The van der Waals surface area contributed by atoms with Crippen LogP contribution in [-0.4, -0.2) is 36.7 Å². The molecule has 0 heterocycles. The van der Waals surface area contributed by atoms with Gasteiger partial charge in [0, 0.05) is 17.8 Å². The summed E-state index contributed by atoms with van der Waals surface area (Å²) >= 11 is 1.98. The van der Waals surface area contributed by atoms with Crippen molar-refractivity contribution in [2.24, 2.45) is 0 Å². The van der Waals surface area contributed by atoms with Crippen molar-refractivity contribution in [3.05, 3.63) is 0 Å². The second-order valence-corrected chi connectivity index (χ2v) is 5.95. The number of carbonyl (C=O) groups is 1. The third-order valence-corrected chi connectivity index (χ3v) is 4.87. The van der Waals surface area contributed by atoms with Crippen molar-refractivity contribution in [2.45, 2.75) is 50.2 Å². The average Bonchev–Trinajstić information content (AvgIpc) is 2.36. The Balaban J connectivity index is 2.17. The van der Waals surface area contributed by atoms with Crippen molar-refractivity contribution >= 4 is 17.7 Å². The molecule has 4 heteroatoms. The lowest BCUT2D eigenvalue weighted by molar-refractivity contribution is -0.142. The molecule has 0 bridgehead atoms. The van der Waals surface area contributed by atoms with Crippen LogP contribution in [-0.2, 0) is 9.53 Å². The number of nitrogens with one attached hydrogen (secondary N) is 1. The number of esters is 1. The van der Waals surface area contributed by atoms with E-state index in [0.717, 1.165) is 13.1 Å². The Kier molecular flexibility index (Phi) is 6.97. The SMILES string of the molecule is CCOC(=O)CCNCC1(SC)CCCCC1. The average molecular weight is 259 g/mol. The van der Waals surface area contributed by atoms with E-state index in [9.17, 15) is 4.79 Å². The van der Waals surface area contributed by atoms with E-state index >= 15 is 0 Å². The molecule has 1 N–H and O–H groups in total. The molecular formula is C13H25NO2S. The minimum absolute atomic E-state index is 0.0955. The second-order valence-electron chi connectivity index (χ2n) is 4.68. The van der Waals surface area contributed by atoms with E-state index < -0.39 is 0 Å². The summed E-state index contributed by atoms with van der Waals surface area (Å²) in [7, 11) is 0. The Morgan fingerprint density at radius 2 is 2.06 bits per heavy atom. The van der Waals surface area contributed by atoms with Gasteiger partial charge in [-0.25, -0.2) is 0 Å². The van der Waals surface area contributed by atoms with Crippen molar-refractivity contribution in [1.82, 2.24) is 5.32 Å². The van der Waals surface area contributed by atoms with Gasteiger partial charge in [0.05, 0.1) is 13.0 Å². The van der Waals surface area contributed by atoms with Gasteiger partial charge in [-0.15, -0.1) is 0 Å². The van der Waals surface area contributed by atoms with Crippen LogP contribution in [0.5, 0.6) is 0 Å². The first-order valence-corrected chi connectivity index (χ1v) is 7.86. The van der Waals surface area contributed by atoms with E-state index in [4.69, 9.17) is 4.74 Å². The smallest absolute Gasteiger partial charge is 0.307 e. The van der Waals surface area contributed by atoms with Crippen molar-refractivity contribution in [1.29, 1.82) is 0 Å². The van der Waals surface area contributed by atoms with Gasteiger partial charge in [-0.3, -0.25) is 4.79 Å². The molecule has 0 aromatic heterocycles. The fourth-order valence-electron chi connectivity index (χ4n) is 2.39. The molecule has 0 amide bonds. The molecule has 0 saturated heterocycles. The van der Waals surface area contributed by atoms with Crippen LogP contribution in [0.15, 0.2) is 0 Å². The Morgan fingerprint density at radius 3 is 2.65 bits per heavy atom. The summed E-state index contributed by atoms with van der Waals surface area (Å²) in [5.41, 5.74) is 0. The quantitative estimate of drug-likeness (QED) is 0.563. The Labute approximate surface area is 109 Å². The highest BCUT2D eigenvalue weighted by atomic mass is 32.2. The van der Waals surface area contributed by atoms with Gasteiger partial charge in [0.25, 0.3) is 0 Å². The Hall–Kier alpha value is -0.220. The minimum atomic E-state index is -0.0955. The number of thioether (sulfide) groups is 1. The summed E-state index contributed by atoms with van der Waals surface area (Å²) in [4.78, 5) is 11.2. The molecular weight excluding hydrogens is 234 g/mol. The summed E-state index contributed by atoms with van der Waals surface area (Å²) in [6, 6.07) is 0. The number of hydrogen-bond acceptors (Lipinski definition) is 4. The molecule has 1 aliphatic rings. The van der Waals surface area contributed by atoms with E-state index in [2.05, 4.69) is 11.6 Å². The van der Waals surface area contributed by atoms with Crippen LogP contribution >= 0.6 is 11.8 Å². The van der Waals surface area contributed by atoms with Crippen LogP contribution in [0.4, 0.5) is 0 Å². The molecule has 1 rings (SSSR count). The predicted molar refractivity (Wildman–Crippen MR) is 73.5 cm³/mol. The lowest BCUT2D eigenvalue weighted by atomic mass is 9.88. The van der Waals surface area contributed by atoms with Gasteiger partial charge in [0.15, 0.2) is 0 Å². The zero-order chi connectivity index (χ0) is 12.6. The highest BCUT2D eigenvalue weighted by Crippen LogP contribution is 2.37. The highest BCUT2D eigenvalue weighted by molar-refractivity contribution is 8.00. The molecule has 0 aromatic carbocycles. The topological polar surface area (TPSA) is 38.3 Å².